The molecule has 2 fully saturated rings. The third-order valence-corrected chi connectivity index (χ3v) is 3.24. The zero-order valence-electron chi connectivity index (χ0n) is 8.74. The molecule has 2 aliphatic rings. The third-order valence-electron chi connectivity index (χ3n) is 3.24. The zero-order chi connectivity index (χ0) is 8.55. The second kappa shape index (κ2) is 5.20. The smallest absolute Gasteiger partial charge is 0.00409 e. The predicted molar refractivity (Wildman–Crippen MR) is 51.5 cm³/mol. The van der Waals surface area contributed by atoms with Crippen molar-refractivity contribution < 1.29 is 32.7 Å². The maximum atomic E-state index is 4.68. The van der Waals surface area contributed by atoms with Gasteiger partial charge in [0.15, 0.2) is 0 Å². The number of piperidine rings is 1. The summed E-state index contributed by atoms with van der Waals surface area (Å²) in [6.45, 7) is 7.00. The molecule has 0 aromatic rings. The largest absolute Gasteiger partial charge is 0.658 e. The average Bonchev–Trinajstić information content (AvgIpc) is 2.47. The van der Waals surface area contributed by atoms with E-state index in [1.54, 1.807) is 0 Å². The van der Waals surface area contributed by atoms with Crippen LogP contribution in [0.1, 0.15) is 33.1 Å². The standard InChI is InChI=1S/C10H19N2.Y/c1-8(2)12-7-5-9-10(12)4-3-6-11-9;/h8-10H,3-7H2,1-2H3;/q-1;. The van der Waals surface area contributed by atoms with Crippen molar-refractivity contribution in [2.45, 2.75) is 51.2 Å². The molecule has 13 heavy (non-hydrogen) atoms. The molecule has 73 valence electrons. The Balaban J connectivity index is 0.000000845. The van der Waals surface area contributed by atoms with E-state index < -0.39 is 0 Å². The van der Waals surface area contributed by atoms with Crippen LogP contribution in [0.2, 0.25) is 0 Å². The Morgan fingerprint density at radius 3 is 2.77 bits per heavy atom. The van der Waals surface area contributed by atoms with E-state index >= 15 is 0 Å². The first-order chi connectivity index (χ1) is 5.79. The van der Waals surface area contributed by atoms with Crippen molar-refractivity contribution in [1.29, 1.82) is 0 Å². The number of rotatable bonds is 1. The Bertz CT molecular complexity index is 161. The first-order valence-electron chi connectivity index (χ1n) is 5.21. The predicted octanol–water partition coefficient (Wildman–Crippen LogP) is 2.00. The van der Waals surface area contributed by atoms with Crippen molar-refractivity contribution >= 4 is 0 Å². The monoisotopic (exact) mass is 256 g/mol. The zero-order valence-corrected chi connectivity index (χ0v) is 11.6. The second-order valence-electron chi connectivity index (χ2n) is 4.30. The van der Waals surface area contributed by atoms with E-state index in [9.17, 15) is 0 Å². The van der Waals surface area contributed by atoms with Gasteiger partial charge in [-0.05, 0) is 32.9 Å². The number of hydrogen-bond donors (Lipinski definition) is 0. The van der Waals surface area contributed by atoms with Crippen LogP contribution in [0.15, 0.2) is 0 Å². The minimum absolute atomic E-state index is 0. The van der Waals surface area contributed by atoms with Gasteiger partial charge < -0.3 is 5.32 Å². The van der Waals surface area contributed by atoms with E-state index in [4.69, 9.17) is 0 Å². The summed E-state index contributed by atoms with van der Waals surface area (Å²) < 4.78 is 0. The summed E-state index contributed by atoms with van der Waals surface area (Å²) in [5.41, 5.74) is 0. The average molecular weight is 256 g/mol. The van der Waals surface area contributed by atoms with Crippen LogP contribution < -0.4 is 0 Å². The molecule has 0 spiro atoms. The molecule has 0 aliphatic carbocycles. The van der Waals surface area contributed by atoms with Crippen LogP contribution in [-0.4, -0.2) is 36.1 Å². The van der Waals surface area contributed by atoms with Gasteiger partial charge in [-0.25, -0.2) is 0 Å². The van der Waals surface area contributed by atoms with Gasteiger partial charge in [-0.1, -0.05) is 12.8 Å². The molecule has 0 aromatic heterocycles. The van der Waals surface area contributed by atoms with Crippen molar-refractivity contribution in [3.63, 3.8) is 0 Å². The third kappa shape index (κ3) is 2.53. The Kier molecular flexibility index (Phi) is 4.84. The maximum Gasteiger partial charge on any atom is 0.00409 e. The maximum absolute atomic E-state index is 4.68. The quantitative estimate of drug-likeness (QED) is 0.701. The van der Waals surface area contributed by atoms with Crippen molar-refractivity contribution in [2.24, 2.45) is 0 Å². The number of fused-ring (bicyclic) bond motifs is 1. The van der Waals surface area contributed by atoms with Gasteiger partial charge >= 0.3 is 0 Å². The number of hydrogen-bond acceptors (Lipinski definition) is 1. The summed E-state index contributed by atoms with van der Waals surface area (Å²) in [4.78, 5) is 2.63. The summed E-state index contributed by atoms with van der Waals surface area (Å²) in [5.74, 6) is 0. The molecule has 0 amide bonds. The van der Waals surface area contributed by atoms with Crippen LogP contribution in [0.25, 0.3) is 5.32 Å². The Hall–Kier alpha value is 1.02. The van der Waals surface area contributed by atoms with Crippen molar-refractivity contribution in [3.05, 3.63) is 5.32 Å². The molecule has 2 unspecified atom stereocenters. The van der Waals surface area contributed by atoms with Crippen LogP contribution in [0.5, 0.6) is 0 Å². The Morgan fingerprint density at radius 1 is 1.31 bits per heavy atom. The molecule has 0 saturated carbocycles. The van der Waals surface area contributed by atoms with Gasteiger partial charge in [0.25, 0.3) is 0 Å². The Labute approximate surface area is 107 Å². The van der Waals surface area contributed by atoms with E-state index in [1.807, 2.05) is 0 Å². The van der Waals surface area contributed by atoms with E-state index in [0.717, 1.165) is 12.6 Å². The molecular formula is C10H19N2Y-. The summed E-state index contributed by atoms with van der Waals surface area (Å²) in [7, 11) is 0. The summed E-state index contributed by atoms with van der Waals surface area (Å²) in [6, 6.07) is 2.19. The summed E-state index contributed by atoms with van der Waals surface area (Å²) in [6.07, 6.45) is 4.00. The fourth-order valence-electron chi connectivity index (χ4n) is 2.63. The van der Waals surface area contributed by atoms with Crippen LogP contribution in [-0.2, 0) is 32.7 Å². The van der Waals surface area contributed by atoms with Crippen molar-refractivity contribution in [3.8, 4) is 0 Å². The van der Waals surface area contributed by atoms with Crippen LogP contribution in [0, 0.1) is 0 Å². The van der Waals surface area contributed by atoms with Gasteiger partial charge in [-0.15, -0.1) is 12.6 Å². The van der Waals surface area contributed by atoms with E-state index in [1.165, 1.54) is 25.8 Å². The number of nitrogens with zero attached hydrogens (tertiary/aromatic N) is 2. The minimum atomic E-state index is 0. The molecule has 0 aromatic carbocycles. The molecule has 2 nitrogen and oxygen atoms in total. The molecule has 1 radical (unpaired) electrons. The molecule has 2 heterocycles. The first kappa shape index (κ1) is 12.1. The Morgan fingerprint density at radius 2 is 2.08 bits per heavy atom. The van der Waals surface area contributed by atoms with Crippen LogP contribution >= 0.6 is 0 Å². The molecule has 0 N–H and O–H groups in total. The molecule has 2 atom stereocenters. The van der Waals surface area contributed by atoms with Gasteiger partial charge in [0, 0.05) is 38.8 Å². The molecular weight excluding hydrogens is 237 g/mol. The van der Waals surface area contributed by atoms with E-state index in [-0.39, 0.29) is 32.7 Å². The van der Waals surface area contributed by atoms with Gasteiger partial charge in [-0.2, -0.15) is 0 Å². The normalized spacial score (nSPS) is 34.4. The van der Waals surface area contributed by atoms with Gasteiger partial charge in [0.1, 0.15) is 0 Å². The minimum Gasteiger partial charge on any atom is -0.658 e. The van der Waals surface area contributed by atoms with Crippen LogP contribution in [0.3, 0.4) is 0 Å². The van der Waals surface area contributed by atoms with Crippen LogP contribution in [0.4, 0.5) is 0 Å². The van der Waals surface area contributed by atoms with Crippen molar-refractivity contribution in [2.75, 3.05) is 13.1 Å². The van der Waals surface area contributed by atoms with Gasteiger partial charge in [-0.3, -0.25) is 4.90 Å². The molecule has 2 saturated heterocycles. The second-order valence-corrected chi connectivity index (χ2v) is 4.30. The molecule has 2 rings (SSSR count). The molecule has 2 aliphatic heterocycles. The van der Waals surface area contributed by atoms with Crippen molar-refractivity contribution in [1.82, 2.24) is 4.90 Å². The fourth-order valence-corrected chi connectivity index (χ4v) is 2.63. The SMILES string of the molecule is CC(C)N1CCC2[N-]CCCC21.[Y]. The first-order valence-corrected chi connectivity index (χ1v) is 5.21. The van der Waals surface area contributed by atoms with Gasteiger partial charge in [0.05, 0.1) is 0 Å². The topological polar surface area (TPSA) is 17.3 Å². The molecule has 0 bridgehead atoms. The number of likely N-dealkylation sites (tertiary alicyclic amines) is 1. The summed E-state index contributed by atoms with van der Waals surface area (Å²) >= 11 is 0. The molecule has 3 heteroatoms. The van der Waals surface area contributed by atoms with E-state index in [0.29, 0.717) is 12.1 Å². The fraction of sp³-hybridized carbons (Fsp3) is 1.00. The van der Waals surface area contributed by atoms with E-state index in [2.05, 4.69) is 24.1 Å². The summed E-state index contributed by atoms with van der Waals surface area (Å²) in [5, 5.41) is 4.68. The van der Waals surface area contributed by atoms with Gasteiger partial charge in [0.2, 0.25) is 0 Å².